The number of Topliss-reactive ketones (excluding diaryl/α,β-unsaturated/α-hetero) is 1. The molecule has 112 valence electrons. The first-order valence-corrected chi connectivity index (χ1v) is 6.85. The lowest BCUT2D eigenvalue weighted by atomic mass is 10.3. The van der Waals surface area contributed by atoms with E-state index in [2.05, 4.69) is 16.3 Å². The van der Waals surface area contributed by atoms with E-state index in [0.717, 1.165) is 0 Å². The number of nitrogens with two attached hydrogens (primary N) is 2. The van der Waals surface area contributed by atoms with Gasteiger partial charge in [-0.3, -0.25) is 4.79 Å². The number of aliphatic imine (C=N–C) groups is 1. The molecule has 0 radical (unpaired) electrons. The zero-order valence-corrected chi connectivity index (χ0v) is 13.0. The molecule has 21 heavy (non-hydrogen) atoms. The van der Waals surface area contributed by atoms with Crippen LogP contribution in [0.4, 0.5) is 0 Å². The number of ketones is 1. The van der Waals surface area contributed by atoms with Crippen LogP contribution in [0.2, 0.25) is 0 Å². The topological polar surface area (TPSA) is 108 Å². The van der Waals surface area contributed by atoms with Crippen LogP contribution in [-0.2, 0) is 9.53 Å². The highest BCUT2D eigenvalue weighted by Gasteiger charge is 2.19. The number of hydrogen-bond acceptors (Lipinski definition) is 7. The molecule has 0 aliphatic heterocycles. The lowest BCUT2D eigenvalue weighted by Gasteiger charge is -2.05. The summed E-state index contributed by atoms with van der Waals surface area (Å²) in [6, 6.07) is 3.32. The second-order valence-electron chi connectivity index (χ2n) is 3.89. The van der Waals surface area contributed by atoms with Crippen molar-refractivity contribution in [2.24, 2.45) is 16.5 Å². The van der Waals surface area contributed by atoms with Crippen molar-refractivity contribution >= 4 is 46.1 Å². The standard InChI is InChI=1S/C13H14ClN3O3S/c1-6(8-4-5-9(21-8)7(2)18)17-11(13(19)20-3)10(14)12(15)16/h4-5H,1,15-16H2,2-3H3/b17-11+. The monoisotopic (exact) mass is 327 g/mol. The van der Waals surface area contributed by atoms with Gasteiger partial charge in [0.25, 0.3) is 0 Å². The molecule has 0 saturated carbocycles. The van der Waals surface area contributed by atoms with E-state index >= 15 is 0 Å². The third-order valence-electron chi connectivity index (χ3n) is 2.32. The van der Waals surface area contributed by atoms with Gasteiger partial charge in [0.15, 0.2) is 11.5 Å². The summed E-state index contributed by atoms with van der Waals surface area (Å²) < 4.78 is 4.57. The number of methoxy groups -OCH3 is 1. The molecule has 0 aliphatic rings. The SMILES string of the molecule is C=C(/N=C(/C(=O)OC)C(Cl)=C(N)N)c1ccc(C(C)=O)s1. The molecule has 0 saturated heterocycles. The Balaban J connectivity index is 3.21. The van der Waals surface area contributed by atoms with Crippen molar-refractivity contribution in [3.05, 3.63) is 39.3 Å². The van der Waals surface area contributed by atoms with E-state index in [1.807, 2.05) is 0 Å². The van der Waals surface area contributed by atoms with Crippen molar-refractivity contribution in [2.45, 2.75) is 6.92 Å². The Morgan fingerprint density at radius 3 is 2.33 bits per heavy atom. The van der Waals surface area contributed by atoms with Gasteiger partial charge in [-0.05, 0) is 19.1 Å². The maximum absolute atomic E-state index is 11.7. The van der Waals surface area contributed by atoms with Gasteiger partial charge in [0.05, 0.1) is 22.6 Å². The molecule has 0 bridgehead atoms. The van der Waals surface area contributed by atoms with Crippen LogP contribution in [0.5, 0.6) is 0 Å². The molecule has 1 aromatic heterocycles. The van der Waals surface area contributed by atoms with E-state index in [9.17, 15) is 9.59 Å². The zero-order chi connectivity index (χ0) is 16.2. The van der Waals surface area contributed by atoms with Crippen molar-refractivity contribution in [3.8, 4) is 0 Å². The highest BCUT2D eigenvalue weighted by molar-refractivity contribution is 7.15. The van der Waals surface area contributed by atoms with Gasteiger partial charge in [-0.1, -0.05) is 18.2 Å². The quantitative estimate of drug-likeness (QED) is 0.487. The van der Waals surface area contributed by atoms with Gasteiger partial charge in [0.1, 0.15) is 10.9 Å². The number of hydrogen-bond donors (Lipinski definition) is 2. The second-order valence-corrected chi connectivity index (χ2v) is 5.35. The van der Waals surface area contributed by atoms with Crippen molar-refractivity contribution < 1.29 is 14.3 Å². The smallest absolute Gasteiger partial charge is 0.358 e. The first kappa shape index (κ1) is 16.9. The van der Waals surface area contributed by atoms with Gasteiger partial charge < -0.3 is 16.2 Å². The number of rotatable bonds is 5. The third-order valence-corrected chi connectivity index (χ3v) is 3.96. The Morgan fingerprint density at radius 2 is 1.90 bits per heavy atom. The fourth-order valence-electron chi connectivity index (χ4n) is 1.29. The summed E-state index contributed by atoms with van der Waals surface area (Å²) in [5.74, 6) is -1.12. The maximum atomic E-state index is 11.7. The summed E-state index contributed by atoms with van der Waals surface area (Å²) in [7, 11) is 1.18. The molecular weight excluding hydrogens is 314 g/mol. The van der Waals surface area contributed by atoms with Gasteiger partial charge in [0, 0.05) is 0 Å². The molecule has 0 unspecified atom stereocenters. The fourth-order valence-corrected chi connectivity index (χ4v) is 2.23. The molecule has 0 fully saturated rings. The van der Waals surface area contributed by atoms with Crippen molar-refractivity contribution in [1.29, 1.82) is 0 Å². The number of nitrogens with zero attached hydrogens (tertiary/aromatic N) is 1. The molecule has 0 aromatic carbocycles. The predicted octanol–water partition coefficient (Wildman–Crippen LogP) is 1.86. The molecule has 4 N–H and O–H groups in total. The predicted molar refractivity (Wildman–Crippen MR) is 84.1 cm³/mol. The highest BCUT2D eigenvalue weighted by Crippen LogP contribution is 2.25. The Morgan fingerprint density at radius 1 is 1.33 bits per heavy atom. The Bertz CT molecular complexity index is 657. The average Bonchev–Trinajstić information content (AvgIpc) is 2.92. The van der Waals surface area contributed by atoms with Gasteiger partial charge in [-0.15, -0.1) is 11.3 Å². The van der Waals surface area contributed by atoms with Gasteiger partial charge >= 0.3 is 5.97 Å². The lowest BCUT2D eigenvalue weighted by molar-refractivity contribution is -0.132. The summed E-state index contributed by atoms with van der Waals surface area (Å²) in [5.41, 5.74) is 10.7. The Labute approximate surface area is 130 Å². The Kier molecular flexibility index (Phi) is 5.69. The zero-order valence-electron chi connectivity index (χ0n) is 11.5. The maximum Gasteiger partial charge on any atom is 0.358 e. The molecule has 0 aliphatic carbocycles. The Hall–Kier alpha value is -2.12. The van der Waals surface area contributed by atoms with E-state index in [0.29, 0.717) is 9.75 Å². The average molecular weight is 328 g/mol. The summed E-state index contributed by atoms with van der Waals surface area (Å²) >= 11 is 7.05. The number of carbonyl (C=O) groups is 2. The van der Waals surface area contributed by atoms with Crippen LogP contribution in [0.1, 0.15) is 21.5 Å². The number of thiophene rings is 1. The van der Waals surface area contributed by atoms with E-state index in [-0.39, 0.29) is 28.0 Å². The third kappa shape index (κ3) is 4.17. The largest absolute Gasteiger partial charge is 0.464 e. The minimum Gasteiger partial charge on any atom is -0.464 e. The number of carbonyl (C=O) groups excluding carboxylic acids is 2. The lowest BCUT2D eigenvalue weighted by Crippen LogP contribution is -2.22. The minimum absolute atomic E-state index is 0.0691. The van der Waals surface area contributed by atoms with Crippen LogP contribution in [0.3, 0.4) is 0 Å². The van der Waals surface area contributed by atoms with Gasteiger partial charge in [0.2, 0.25) is 0 Å². The molecule has 1 aromatic rings. The first-order chi connectivity index (χ1) is 9.77. The van der Waals surface area contributed by atoms with Crippen LogP contribution in [-0.4, -0.2) is 24.6 Å². The normalized spacial score (nSPS) is 10.9. The van der Waals surface area contributed by atoms with Gasteiger partial charge in [-0.2, -0.15) is 0 Å². The molecular formula is C13H14ClN3O3S. The number of esters is 1. The van der Waals surface area contributed by atoms with E-state index < -0.39 is 5.97 Å². The van der Waals surface area contributed by atoms with Crippen LogP contribution in [0, 0.1) is 0 Å². The van der Waals surface area contributed by atoms with Crippen LogP contribution < -0.4 is 11.5 Å². The molecule has 0 atom stereocenters. The van der Waals surface area contributed by atoms with Crippen LogP contribution in [0.15, 0.2) is 34.6 Å². The number of halogens is 1. The van der Waals surface area contributed by atoms with E-state index in [4.69, 9.17) is 23.1 Å². The van der Waals surface area contributed by atoms with Crippen molar-refractivity contribution in [3.63, 3.8) is 0 Å². The second kappa shape index (κ2) is 7.05. The van der Waals surface area contributed by atoms with Gasteiger partial charge in [-0.25, -0.2) is 9.79 Å². The molecule has 0 spiro atoms. The molecule has 6 nitrogen and oxygen atoms in total. The number of ether oxygens (including phenoxy) is 1. The highest BCUT2D eigenvalue weighted by atomic mass is 35.5. The molecule has 1 heterocycles. The van der Waals surface area contributed by atoms with Crippen LogP contribution >= 0.6 is 22.9 Å². The summed E-state index contributed by atoms with van der Waals surface area (Å²) in [6.07, 6.45) is 0. The summed E-state index contributed by atoms with van der Waals surface area (Å²) in [5, 5.41) is -0.216. The van der Waals surface area contributed by atoms with E-state index in [1.54, 1.807) is 12.1 Å². The molecule has 0 amide bonds. The molecule has 1 rings (SSSR count). The van der Waals surface area contributed by atoms with Crippen molar-refractivity contribution in [2.75, 3.05) is 7.11 Å². The minimum atomic E-state index is -0.794. The summed E-state index contributed by atoms with van der Waals surface area (Å²) in [6.45, 7) is 5.19. The van der Waals surface area contributed by atoms with Crippen molar-refractivity contribution in [1.82, 2.24) is 0 Å². The van der Waals surface area contributed by atoms with E-state index in [1.165, 1.54) is 25.4 Å². The first-order valence-electron chi connectivity index (χ1n) is 5.66. The molecule has 8 heteroatoms. The summed E-state index contributed by atoms with van der Waals surface area (Å²) in [4.78, 5) is 28.1. The fraction of sp³-hybridized carbons (Fsp3) is 0.154. The van der Waals surface area contributed by atoms with Crippen LogP contribution in [0.25, 0.3) is 5.70 Å².